The Labute approximate surface area is 176 Å². The number of carbonyl (C=O) groups excluding carboxylic acids is 1. The van der Waals surface area contributed by atoms with Crippen molar-refractivity contribution in [3.05, 3.63) is 24.8 Å². The summed E-state index contributed by atoms with van der Waals surface area (Å²) in [6.07, 6.45) is 11.9. The molecule has 0 spiro atoms. The van der Waals surface area contributed by atoms with Gasteiger partial charge in [-0.25, -0.2) is 4.79 Å². The van der Waals surface area contributed by atoms with E-state index in [9.17, 15) is 4.79 Å². The highest BCUT2D eigenvalue weighted by Crippen LogP contribution is 2.38. The van der Waals surface area contributed by atoms with Crippen LogP contribution in [0, 0.1) is 0 Å². The fourth-order valence-electron chi connectivity index (χ4n) is 2.83. The number of rotatable bonds is 15. The second kappa shape index (κ2) is 12.6. The third-order valence-electron chi connectivity index (χ3n) is 5.91. The van der Waals surface area contributed by atoms with Crippen LogP contribution in [0.1, 0.15) is 92.4 Å². The maximum Gasteiger partial charge on any atom is 0.333 e. The van der Waals surface area contributed by atoms with Crippen molar-refractivity contribution in [3.8, 4) is 0 Å². The van der Waals surface area contributed by atoms with Crippen molar-refractivity contribution in [2.45, 2.75) is 116 Å². The lowest BCUT2D eigenvalue weighted by atomic mass is 9.92. The molecule has 0 N–H and O–H groups in total. The third kappa shape index (κ3) is 10.1. The molecule has 0 radical (unpaired) electrons. The average Bonchev–Trinajstić information content (AvgIpc) is 2.58. The molecule has 0 heterocycles. The molecule has 0 saturated heterocycles. The molecule has 0 aliphatic carbocycles. The zero-order valence-electron chi connectivity index (χ0n) is 19.8. The van der Waals surface area contributed by atoms with Gasteiger partial charge in [-0.2, -0.15) is 0 Å². The van der Waals surface area contributed by atoms with Crippen molar-refractivity contribution in [3.63, 3.8) is 0 Å². The third-order valence-corrected chi connectivity index (χ3v) is 10.4. The van der Waals surface area contributed by atoms with Crippen LogP contribution in [0.5, 0.6) is 0 Å². The Morgan fingerprint density at radius 1 is 1.04 bits per heavy atom. The first-order valence-electron chi connectivity index (χ1n) is 11.0. The zero-order chi connectivity index (χ0) is 21.8. The Hall–Kier alpha value is -0.873. The molecule has 0 saturated carbocycles. The van der Waals surface area contributed by atoms with Crippen molar-refractivity contribution < 1.29 is 14.0 Å². The highest BCUT2D eigenvalue weighted by molar-refractivity contribution is 6.74. The molecule has 3 nitrogen and oxygen atoms in total. The summed E-state index contributed by atoms with van der Waals surface area (Å²) in [7, 11) is -1.94. The molecule has 0 aliphatic rings. The first-order chi connectivity index (χ1) is 12.9. The van der Waals surface area contributed by atoms with E-state index in [1.807, 2.05) is 6.08 Å². The van der Waals surface area contributed by atoms with Crippen LogP contribution in [-0.4, -0.2) is 26.5 Å². The van der Waals surface area contributed by atoms with E-state index in [4.69, 9.17) is 9.16 Å². The molecule has 0 bridgehead atoms. The molecule has 0 rings (SSSR count). The van der Waals surface area contributed by atoms with Crippen LogP contribution >= 0.6 is 0 Å². The van der Waals surface area contributed by atoms with E-state index in [1.54, 1.807) is 6.92 Å². The summed E-state index contributed by atoms with van der Waals surface area (Å²) in [6, 6.07) is 0. The van der Waals surface area contributed by atoms with Crippen LogP contribution in [0.25, 0.3) is 0 Å². The Morgan fingerprint density at radius 2 is 1.57 bits per heavy atom. The first kappa shape index (κ1) is 27.1. The van der Waals surface area contributed by atoms with Gasteiger partial charge in [-0.15, -0.1) is 6.58 Å². The van der Waals surface area contributed by atoms with E-state index in [0.717, 1.165) is 19.3 Å². The normalized spacial score (nSPS) is 14.4. The maximum atomic E-state index is 12.4. The van der Waals surface area contributed by atoms with Crippen LogP contribution in [0.3, 0.4) is 0 Å². The van der Waals surface area contributed by atoms with E-state index in [-0.39, 0.29) is 11.0 Å². The molecule has 4 heteroatoms. The van der Waals surface area contributed by atoms with Crippen molar-refractivity contribution in [1.82, 2.24) is 0 Å². The Kier molecular flexibility index (Phi) is 12.2. The van der Waals surface area contributed by atoms with E-state index >= 15 is 0 Å². The summed E-state index contributed by atoms with van der Waals surface area (Å²) < 4.78 is 12.5. The van der Waals surface area contributed by atoms with E-state index in [1.165, 1.54) is 32.1 Å². The van der Waals surface area contributed by atoms with Gasteiger partial charge in [0.05, 0.1) is 6.61 Å². The lowest BCUT2D eigenvalue weighted by Crippen LogP contribution is -2.48. The van der Waals surface area contributed by atoms with Gasteiger partial charge in [0.15, 0.2) is 8.32 Å². The Bertz CT molecular complexity index is 491. The SMILES string of the molecule is C=CCC(CCCCCCCCC)(CO[Si](C)(C)C(C)(C)C)OC(=O)C(=C)C. The predicted octanol–water partition coefficient (Wildman–Crippen LogP) is 7.58. The van der Waals surface area contributed by atoms with Crippen molar-refractivity contribution in [1.29, 1.82) is 0 Å². The maximum absolute atomic E-state index is 12.4. The number of hydrogen-bond donors (Lipinski definition) is 0. The fraction of sp³-hybridized carbons (Fsp3) is 0.792. The minimum Gasteiger partial charge on any atom is -0.453 e. The Balaban J connectivity index is 5.12. The molecule has 0 amide bonds. The van der Waals surface area contributed by atoms with Gasteiger partial charge < -0.3 is 9.16 Å². The van der Waals surface area contributed by atoms with Gasteiger partial charge >= 0.3 is 5.97 Å². The predicted molar refractivity (Wildman–Crippen MR) is 124 cm³/mol. The number of carbonyl (C=O) groups is 1. The highest BCUT2D eigenvalue weighted by atomic mass is 28.4. The summed E-state index contributed by atoms with van der Waals surface area (Å²) in [5, 5.41) is 0.116. The molecule has 0 aliphatic heterocycles. The monoisotopic (exact) mass is 410 g/mol. The van der Waals surface area contributed by atoms with Gasteiger partial charge in [-0.3, -0.25) is 0 Å². The van der Waals surface area contributed by atoms with Gasteiger partial charge in [0.1, 0.15) is 5.60 Å². The van der Waals surface area contributed by atoms with Gasteiger partial charge in [0.2, 0.25) is 0 Å². The molecule has 164 valence electrons. The fourth-order valence-corrected chi connectivity index (χ4v) is 3.89. The van der Waals surface area contributed by atoms with Crippen molar-refractivity contribution in [2.75, 3.05) is 6.61 Å². The zero-order valence-corrected chi connectivity index (χ0v) is 20.8. The molecular formula is C24H46O3Si. The van der Waals surface area contributed by atoms with E-state index < -0.39 is 13.9 Å². The molecule has 1 unspecified atom stereocenters. The highest BCUT2D eigenvalue weighted by Gasteiger charge is 2.41. The molecule has 0 aromatic carbocycles. The lowest BCUT2D eigenvalue weighted by Gasteiger charge is -2.41. The minimum atomic E-state index is -1.94. The van der Waals surface area contributed by atoms with Crippen LogP contribution < -0.4 is 0 Å². The molecule has 28 heavy (non-hydrogen) atoms. The topological polar surface area (TPSA) is 35.5 Å². The summed E-state index contributed by atoms with van der Waals surface area (Å²) in [5.74, 6) is -0.330. The van der Waals surface area contributed by atoms with Gasteiger partial charge in [0, 0.05) is 12.0 Å². The van der Waals surface area contributed by atoms with Crippen LogP contribution in [0.4, 0.5) is 0 Å². The molecular weight excluding hydrogens is 364 g/mol. The second-order valence-corrected chi connectivity index (χ2v) is 14.6. The molecule has 0 fully saturated rings. The number of ether oxygens (including phenoxy) is 1. The quantitative estimate of drug-likeness (QED) is 0.0917. The first-order valence-corrected chi connectivity index (χ1v) is 14.0. The van der Waals surface area contributed by atoms with Crippen molar-refractivity contribution >= 4 is 14.3 Å². The molecule has 1 atom stereocenters. The largest absolute Gasteiger partial charge is 0.453 e. The van der Waals surface area contributed by atoms with Gasteiger partial charge in [0.25, 0.3) is 0 Å². The summed E-state index contributed by atoms with van der Waals surface area (Å²) >= 11 is 0. The number of esters is 1. The van der Waals surface area contributed by atoms with Crippen LogP contribution in [0.15, 0.2) is 24.8 Å². The summed E-state index contributed by atoms with van der Waals surface area (Å²) in [5.41, 5.74) is -0.211. The standard InChI is InChI=1S/C24H46O3Si/c1-10-12-13-14-15-16-17-19-24(18-11-2,27-22(25)21(3)4)20-26-28(8,9)23(5,6)7/h11H,2-3,10,12-20H2,1,4-9H3. The van der Waals surface area contributed by atoms with Crippen LogP contribution in [0.2, 0.25) is 18.1 Å². The number of hydrogen-bond acceptors (Lipinski definition) is 3. The van der Waals surface area contributed by atoms with Gasteiger partial charge in [-0.1, -0.05) is 78.9 Å². The molecule has 0 aromatic rings. The average molecular weight is 411 g/mol. The summed E-state index contributed by atoms with van der Waals surface area (Å²) in [6.45, 7) is 23.2. The van der Waals surface area contributed by atoms with E-state index in [0.29, 0.717) is 18.6 Å². The van der Waals surface area contributed by atoms with Crippen molar-refractivity contribution in [2.24, 2.45) is 0 Å². The van der Waals surface area contributed by atoms with E-state index in [2.05, 4.69) is 53.9 Å². The van der Waals surface area contributed by atoms with Crippen LogP contribution in [-0.2, 0) is 14.0 Å². The number of unbranched alkanes of at least 4 members (excludes halogenated alkanes) is 6. The van der Waals surface area contributed by atoms with Gasteiger partial charge in [-0.05, 0) is 37.9 Å². The minimum absolute atomic E-state index is 0.116. The Morgan fingerprint density at radius 3 is 2.04 bits per heavy atom. The molecule has 0 aromatic heterocycles. The second-order valence-electron chi connectivity index (χ2n) is 9.77. The lowest BCUT2D eigenvalue weighted by molar-refractivity contribution is -0.159. The summed E-state index contributed by atoms with van der Waals surface area (Å²) in [4.78, 5) is 12.4. The smallest absolute Gasteiger partial charge is 0.333 e.